The molecule has 0 saturated heterocycles. The van der Waals surface area contributed by atoms with E-state index in [9.17, 15) is 22.4 Å². The van der Waals surface area contributed by atoms with E-state index >= 15 is 0 Å². The predicted molar refractivity (Wildman–Crippen MR) is 96.2 cm³/mol. The van der Waals surface area contributed by atoms with Crippen LogP contribution in [0.2, 0.25) is 0 Å². The maximum Gasteiger partial charge on any atom is 0.395 e. The molecule has 2 aliphatic rings. The number of nitrogens with zero attached hydrogens (tertiary/aromatic N) is 2. The van der Waals surface area contributed by atoms with Crippen LogP contribution in [0.5, 0.6) is 0 Å². The van der Waals surface area contributed by atoms with Crippen molar-refractivity contribution in [2.45, 2.75) is 50.6 Å². The molecule has 2 aromatic rings. The van der Waals surface area contributed by atoms with Gasteiger partial charge in [0.15, 0.2) is 5.82 Å². The Morgan fingerprint density at radius 2 is 1.96 bits per heavy atom. The summed E-state index contributed by atoms with van der Waals surface area (Å²) in [6.07, 6.45) is -2.27. The van der Waals surface area contributed by atoms with E-state index in [1.807, 2.05) is 0 Å². The second kappa shape index (κ2) is 6.60. The van der Waals surface area contributed by atoms with Gasteiger partial charge in [0, 0.05) is 24.6 Å². The van der Waals surface area contributed by atoms with Crippen molar-refractivity contribution in [3.63, 3.8) is 0 Å². The first-order chi connectivity index (χ1) is 13.2. The maximum absolute atomic E-state index is 14.4. The van der Waals surface area contributed by atoms with E-state index in [2.05, 4.69) is 10.4 Å². The summed E-state index contributed by atoms with van der Waals surface area (Å²) in [5.74, 6) is -0.754. The summed E-state index contributed by atoms with van der Waals surface area (Å²) in [5, 5.41) is 6.91. The molecule has 1 heterocycles. The maximum atomic E-state index is 14.4. The van der Waals surface area contributed by atoms with Crippen molar-refractivity contribution in [3.8, 4) is 11.3 Å². The topological polar surface area (TPSA) is 46.9 Å². The van der Waals surface area contributed by atoms with Crippen LogP contribution >= 0.6 is 0 Å². The van der Waals surface area contributed by atoms with Crippen molar-refractivity contribution >= 4 is 11.7 Å². The molecule has 0 aliphatic heterocycles. The summed E-state index contributed by atoms with van der Waals surface area (Å²) in [7, 11) is 1.65. The van der Waals surface area contributed by atoms with Crippen molar-refractivity contribution in [2.75, 3.05) is 5.32 Å². The zero-order valence-electron chi connectivity index (χ0n) is 15.4. The summed E-state index contributed by atoms with van der Waals surface area (Å²) in [4.78, 5) is 12.4. The molecular weight excluding hydrogens is 374 g/mol. The first-order valence-electron chi connectivity index (χ1n) is 9.40. The molecule has 0 atom stereocenters. The molecule has 2 fully saturated rings. The first-order valence-corrected chi connectivity index (χ1v) is 9.40. The molecule has 0 unspecified atom stereocenters. The highest BCUT2D eigenvalue weighted by atomic mass is 19.4. The minimum absolute atomic E-state index is 0.0257. The number of rotatable bonds is 5. The molecule has 150 valence electrons. The molecule has 2 aliphatic carbocycles. The van der Waals surface area contributed by atoms with Gasteiger partial charge in [-0.2, -0.15) is 18.3 Å². The second-order valence-corrected chi connectivity index (χ2v) is 7.85. The number of halogens is 4. The first kappa shape index (κ1) is 19.0. The number of hydrogen-bond donors (Lipinski definition) is 1. The van der Waals surface area contributed by atoms with E-state index in [0.29, 0.717) is 16.8 Å². The number of hydrogen-bond acceptors (Lipinski definition) is 2. The molecule has 8 heteroatoms. The highest BCUT2D eigenvalue weighted by Gasteiger charge is 2.63. The number of anilines is 1. The minimum Gasteiger partial charge on any atom is -0.309 e. The van der Waals surface area contributed by atoms with Crippen molar-refractivity contribution in [1.29, 1.82) is 0 Å². The number of amides is 1. The van der Waals surface area contributed by atoms with Gasteiger partial charge in [0.2, 0.25) is 5.91 Å². The van der Waals surface area contributed by atoms with Crippen molar-refractivity contribution in [1.82, 2.24) is 9.78 Å². The molecular formula is C20H21F4N3O. The predicted octanol–water partition coefficient (Wildman–Crippen LogP) is 5.16. The molecule has 28 heavy (non-hydrogen) atoms. The van der Waals surface area contributed by atoms with Crippen molar-refractivity contribution in [2.24, 2.45) is 12.5 Å². The zero-order chi connectivity index (χ0) is 20.1. The Hall–Kier alpha value is -2.38. The van der Waals surface area contributed by atoms with Gasteiger partial charge in [-0.3, -0.25) is 9.48 Å². The van der Waals surface area contributed by atoms with E-state index in [-0.39, 0.29) is 24.6 Å². The van der Waals surface area contributed by atoms with Gasteiger partial charge in [-0.15, -0.1) is 0 Å². The van der Waals surface area contributed by atoms with Crippen LogP contribution in [0.1, 0.15) is 50.0 Å². The van der Waals surface area contributed by atoms with Gasteiger partial charge in [-0.1, -0.05) is 18.6 Å². The standard InChI is InChI=1S/C20H21F4N3O/c1-27-17(13-7-2-3-8-14(13)21)16(12-5-4-6-12)18(26-27)25-15(28)11-19(9-10-19)20(22,23)24/h2-3,7-8,12H,4-6,9-11H2,1H3,(H,25,26,28). The third-order valence-corrected chi connectivity index (χ3v) is 5.94. The zero-order valence-corrected chi connectivity index (χ0v) is 15.4. The number of carbonyl (C=O) groups excluding carboxylic acids is 1. The van der Waals surface area contributed by atoms with Crippen LogP contribution in [0.15, 0.2) is 24.3 Å². The lowest BCUT2D eigenvalue weighted by molar-refractivity contribution is -0.189. The smallest absolute Gasteiger partial charge is 0.309 e. The van der Waals surface area contributed by atoms with Crippen LogP contribution < -0.4 is 5.32 Å². The second-order valence-electron chi connectivity index (χ2n) is 7.85. The fraction of sp³-hybridized carbons (Fsp3) is 0.500. The normalized spacial score (nSPS) is 18.6. The number of alkyl halides is 3. The Labute approximate surface area is 159 Å². The third-order valence-electron chi connectivity index (χ3n) is 5.94. The Morgan fingerprint density at radius 1 is 1.29 bits per heavy atom. The summed E-state index contributed by atoms with van der Waals surface area (Å²) in [6.45, 7) is 0. The molecule has 4 nitrogen and oxygen atoms in total. The highest BCUT2D eigenvalue weighted by Crippen LogP contribution is 2.60. The number of carbonyl (C=O) groups is 1. The van der Waals surface area contributed by atoms with Gasteiger partial charge < -0.3 is 5.32 Å². The van der Waals surface area contributed by atoms with Crippen molar-refractivity contribution < 1.29 is 22.4 Å². The van der Waals surface area contributed by atoms with Crippen LogP contribution in [0.4, 0.5) is 23.4 Å². The summed E-state index contributed by atoms with van der Waals surface area (Å²) in [5.41, 5.74) is -0.260. The number of benzene rings is 1. The van der Waals surface area contributed by atoms with E-state index in [0.717, 1.165) is 19.3 Å². The van der Waals surface area contributed by atoms with Crippen LogP contribution in [-0.4, -0.2) is 21.9 Å². The lowest BCUT2D eigenvalue weighted by atomic mass is 9.78. The number of aryl methyl sites for hydroxylation is 1. The molecule has 0 radical (unpaired) electrons. The van der Waals surface area contributed by atoms with Crippen LogP contribution in [0.3, 0.4) is 0 Å². The largest absolute Gasteiger partial charge is 0.395 e. The highest BCUT2D eigenvalue weighted by molar-refractivity contribution is 5.92. The lowest BCUT2D eigenvalue weighted by Crippen LogP contribution is -2.30. The SMILES string of the molecule is Cn1nc(NC(=O)CC2(C(F)(F)F)CC2)c(C2CCC2)c1-c1ccccc1F. The Balaban J connectivity index is 1.66. The quantitative estimate of drug-likeness (QED) is 0.711. The molecule has 2 saturated carbocycles. The molecule has 1 amide bonds. The molecule has 0 spiro atoms. The fourth-order valence-corrected chi connectivity index (χ4v) is 3.88. The van der Waals surface area contributed by atoms with E-state index in [1.54, 1.807) is 25.2 Å². The molecule has 1 N–H and O–H groups in total. The monoisotopic (exact) mass is 395 g/mol. The van der Waals surface area contributed by atoms with E-state index in [4.69, 9.17) is 0 Å². The average Bonchev–Trinajstić information content (AvgIpc) is 3.28. The Bertz CT molecular complexity index is 911. The van der Waals surface area contributed by atoms with Gasteiger partial charge in [0.1, 0.15) is 5.82 Å². The van der Waals surface area contributed by atoms with Crippen LogP contribution in [-0.2, 0) is 11.8 Å². The van der Waals surface area contributed by atoms with Gasteiger partial charge >= 0.3 is 6.18 Å². The number of nitrogens with one attached hydrogen (secondary N) is 1. The minimum atomic E-state index is -4.39. The fourth-order valence-electron chi connectivity index (χ4n) is 3.88. The van der Waals surface area contributed by atoms with Gasteiger partial charge in [-0.25, -0.2) is 4.39 Å². The Morgan fingerprint density at radius 3 is 2.50 bits per heavy atom. The van der Waals surface area contributed by atoms with Gasteiger partial charge in [-0.05, 0) is 43.7 Å². The average molecular weight is 395 g/mol. The molecule has 0 bridgehead atoms. The van der Waals surface area contributed by atoms with Gasteiger partial charge in [0.25, 0.3) is 0 Å². The summed E-state index contributed by atoms with van der Waals surface area (Å²) < 4.78 is 55.4. The van der Waals surface area contributed by atoms with Crippen molar-refractivity contribution in [3.05, 3.63) is 35.6 Å². The van der Waals surface area contributed by atoms with Crippen LogP contribution in [0.25, 0.3) is 11.3 Å². The molecule has 1 aromatic carbocycles. The Kier molecular flexibility index (Phi) is 4.47. The lowest BCUT2D eigenvalue weighted by Gasteiger charge is -2.27. The molecule has 4 rings (SSSR count). The number of aromatic nitrogens is 2. The summed E-state index contributed by atoms with van der Waals surface area (Å²) in [6, 6.07) is 6.30. The van der Waals surface area contributed by atoms with Crippen LogP contribution in [0, 0.1) is 11.2 Å². The van der Waals surface area contributed by atoms with E-state index < -0.39 is 29.7 Å². The van der Waals surface area contributed by atoms with E-state index in [1.165, 1.54) is 10.7 Å². The third kappa shape index (κ3) is 3.18. The molecule has 1 aromatic heterocycles. The summed E-state index contributed by atoms with van der Waals surface area (Å²) >= 11 is 0. The van der Waals surface area contributed by atoms with Gasteiger partial charge in [0.05, 0.1) is 11.1 Å².